The van der Waals surface area contributed by atoms with Crippen molar-refractivity contribution in [3.05, 3.63) is 36.2 Å². The van der Waals surface area contributed by atoms with Crippen LogP contribution in [0.1, 0.15) is 51.1 Å². The molecule has 1 heterocycles. The van der Waals surface area contributed by atoms with Crippen molar-refractivity contribution in [3.8, 4) is 11.1 Å². The Bertz CT molecular complexity index is 677. The maximum absolute atomic E-state index is 11.5. The van der Waals surface area contributed by atoms with Crippen LogP contribution in [0.5, 0.6) is 0 Å². The standard InChI is InChI=1S/C18H25N3O2/c1-5-13(9-18(22)23-4)14-6-7-16(17(19)8-14)15-10-20-21(11-15)12(2)3/h6-8,10-13H,5,9,19H2,1-4H3. The second-order valence-electron chi connectivity index (χ2n) is 6.03. The fourth-order valence-corrected chi connectivity index (χ4v) is 2.64. The lowest BCUT2D eigenvalue weighted by Gasteiger charge is -2.15. The average Bonchev–Trinajstić information content (AvgIpc) is 3.02. The van der Waals surface area contributed by atoms with E-state index < -0.39 is 0 Å². The van der Waals surface area contributed by atoms with Crippen molar-refractivity contribution >= 4 is 11.7 Å². The van der Waals surface area contributed by atoms with Crippen LogP contribution in [-0.2, 0) is 9.53 Å². The number of ether oxygens (including phenoxy) is 1. The first-order chi connectivity index (χ1) is 11.0. The number of benzene rings is 1. The topological polar surface area (TPSA) is 70.1 Å². The number of carbonyl (C=O) groups excluding carboxylic acids is 1. The highest BCUT2D eigenvalue weighted by Crippen LogP contribution is 2.31. The van der Waals surface area contributed by atoms with Gasteiger partial charge in [-0.05, 0) is 37.8 Å². The van der Waals surface area contributed by atoms with E-state index in [1.807, 2.05) is 35.3 Å². The second-order valence-corrected chi connectivity index (χ2v) is 6.03. The summed E-state index contributed by atoms with van der Waals surface area (Å²) in [7, 11) is 1.42. The van der Waals surface area contributed by atoms with Crippen LogP contribution in [0.2, 0.25) is 0 Å². The summed E-state index contributed by atoms with van der Waals surface area (Å²) in [6.07, 6.45) is 5.06. The number of aromatic nitrogens is 2. The molecule has 1 atom stereocenters. The first kappa shape index (κ1) is 17.1. The van der Waals surface area contributed by atoms with Gasteiger partial charge in [-0.15, -0.1) is 0 Å². The SMILES string of the molecule is CCC(CC(=O)OC)c1ccc(-c2cnn(C(C)C)c2)c(N)c1. The maximum Gasteiger partial charge on any atom is 0.306 e. The molecule has 0 bridgehead atoms. The van der Waals surface area contributed by atoms with Crippen molar-refractivity contribution in [2.45, 2.75) is 45.6 Å². The van der Waals surface area contributed by atoms with Crippen molar-refractivity contribution < 1.29 is 9.53 Å². The molecule has 2 N–H and O–H groups in total. The quantitative estimate of drug-likeness (QED) is 0.650. The lowest BCUT2D eigenvalue weighted by Crippen LogP contribution is -2.08. The third kappa shape index (κ3) is 3.92. The fraction of sp³-hybridized carbons (Fsp3) is 0.444. The minimum atomic E-state index is -0.197. The van der Waals surface area contributed by atoms with Gasteiger partial charge in [0.05, 0.1) is 19.7 Å². The Morgan fingerprint density at radius 1 is 1.39 bits per heavy atom. The molecule has 124 valence electrons. The largest absolute Gasteiger partial charge is 0.469 e. The predicted molar refractivity (Wildman–Crippen MR) is 92.1 cm³/mol. The van der Waals surface area contributed by atoms with Crippen LogP contribution in [0.25, 0.3) is 11.1 Å². The van der Waals surface area contributed by atoms with E-state index in [0.717, 1.165) is 23.1 Å². The summed E-state index contributed by atoms with van der Waals surface area (Å²) in [6.45, 7) is 6.23. The molecule has 2 aromatic rings. The summed E-state index contributed by atoms with van der Waals surface area (Å²) in [5.41, 5.74) is 9.98. The van der Waals surface area contributed by atoms with E-state index in [1.54, 1.807) is 0 Å². The normalized spacial score (nSPS) is 12.4. The molecule has 0 saturated heterocycles. The van der Waals surface area contributed by atoms with Crippen molar-refractivity contribution in [2.75, 3.05) is 12.8 Å². The second kappa shape index (κ2) is 7.31. The average molecular weight is 315 g/mol. The Balaban J connectivity index is 2.27. The van der Waals surface area contributed by atoms with Crippen molar-refractivity contribution in [2.24, 2.45) is 0 Å². The number of carbonyl (C=O) groups is 1. The molecule has 0 spiro atoms. The van der Waals surface area contributed by atoms with Crippen molar-refractivity contribution in [1.82, 2.24) is 9.78 Å². The molecule has 0 saturated carbocycles. The van der Waals surface area contributed by atoms with Gasteiger partial charge in [0.1, 0.15) is 0 Å². The Morgan fingerprint density at radius 3 is 2.65 bits per heavy atom. The molecule has 2 rings (SSSR count). The van der Waals surface area contributed by atoms with Crippen molar-refractivity contribution in [1.29, 1.82) is 0 Å². The minimum absolute atomic E-state index is 0.122. The zero-order chi connectivity index (χ0) is 17.0. The van der Waals surface area contributed by atoms with Crippen LogP contribution < -0.4 is 5.73 Å². The Morgan fingerprint density at radius 2 is 2.13 bits per heavy atom. The van der Waals surface area contributed by atoms with Gasteiger partial charge in [0.15, 0.2) is 0 Å². The molecular formula is C18H25N3O2. The molecule has 1 unspecified atom stereocenters. The summed E-state index contributed by atoms with van der Waals surface area (Å²) in [5, 5.41) is 4.36. The third-order valence-electron chi connectivity index (χ3n) is 4.12. The summed E-state index contributed by atoms with van der Waals surface area (Å²) in [6, 6.07) is 6.31. The van der Waals surface area contributed by atoms with E-state index in [9.17, 15) is 4.79 Å². The summed E-state index contributed by atoms with van der Waals surface area (Å²) in [5.74, 6) is -0.0742. The third-order valence-corrected chi connectivity index (χ3v) is 4.12. The van der Waals surface area contributed by atoms with Gasteiger partial charge in [-0.2, -0.15) is 5.10 Å². The summed E-state index contributed by atoms with van der Waals surface area (Å²) in [4.78, 5) is 11.5. The molecule has 0 amide bonds. The Kier molecular flexibility index (Phi) is 5.42. The number of hydrogen-bond acceptors (Lipinski definition) is 4. The zero-order valence-corrected chi connectivity index (χ0v) is 14.2. The van der Waals surface area contributed by atoms with Crippen LogP contribution in [0.4, 0.5) is 5.69 Å². The number of hydrogen-bond donors (Lipinski definition) is 1. The van der Waals surface area contributed by atoms with Gasteiger partial charge in [-0.3, -0.25) is 9.48 Å². The summed E-state index contributed by atoms with van der Waals surface area (Å²) >= 11 is 0. The number of nitrogen functional groups attached to an aromatic ring is 1. The molecule has 1 aromatic heterocycles. The molecule has 5 heteroatoms. The van der Waals surface area contributed by atoms with Gasteiger partial charge < -0.3 is 10.5 Å². The molecule has 0 aliphatic heterocycles. The number of rotatable bonds is 6. The van der Waals surface area contributed by atoms with E-state index in [-0.39, 0.29) is 11.9 Å². The van der Waals surface area contributed by atoms with E-state index >= 15 is 0 Å². The van der Waals surface area contributed by atoms with Crippen LogP contribution in [0, 0.1) is 0 Å². The van der Waals surface area contributed by atoms with Gasteiger partial charge in [0.2, 0.25) is 0 Å². The van der Waals surface area contributed by atoms with Crippen LogP contribution >= 0.6 is 0 Å². The van der Waals surface area contributed by atoms with Gasteiger partial charge in [-0.1, -0.05) is 19.1 Å². The fourth-order valence-electron chi connectivity index (χ4n) is 2.64. The molecule has 23 heavy (non-hydrogen) atoms. The van der Waals surface area contributed by atoms with E-state index in [4.69, 9.17) is 10.5 Å². The maximum atomic E-state index is 11.5. The molecule has 0 radical (unpaired) electrons. The number of nitrogens with zero attached hydrogens (tertiary/aromatic N) is 2. The number of methoxy groups -OCH3 is 1. The van der Waals surface area contributed by atoms with E-state index in [0.29, 0.717) is 18.2 Å². The van der Waals surface area contributed by atoms with Gasteiger partial charge in [0, 0.05) is 29.1 Å². The molecule has 0 aliphatic carbocycles. The van der Waals surface area contributed by atoms with Crippen molar-refractivity contribution in [3.63, 3.8) is 0 Å². The molecule has 0 aliphatic rings. The van der Waals surface area contributed by atoms with Gasteiger partial charge in [0.25, 0.3) is 0 Å². The van der Waals surface area contributed by atoms with E-state index in [1.165, 1.54) is 7.11 Å². The van der Waals surface area contributed by atoms with Gasteiger partial charge in [-0.25, -0.2) is 0 Å². The number of esters is 1. The molecule has 5 nitrogen and oxygen atoms in total. The molecule has 1 aromatic carbocycles. The lowest BCUT2D eigenvalue weighted by atomic mass is 9.91. The zero-order valence-electron chi connectivity index (χ0n) is 14.2. The lowest BCUT2D eigenvalue weighted by molar-refractivity contribution is -0.141. The summed E-state index contributed by atoms with van der Waals surface area (Å²) < 4.78 is 6.68. The highest BCUT2D eigenvalue weighted by atomic mass is 16.5. The number of nitrogens with two attached hydrogens (primary N) is 1. The van der Waals surface area contributed by atoms with E-state index in [2.05, 4.69) is 25.9 Å². The van der Waals surface area contributed by atoms with Crippen LogP contribution in [-0.4, -0.2) is 22.9 Å². The first-order valence-electron chi connectivity index (χ1n) is 7.97. The highest BCUT2D eigenvalue weighted by molar-refractivity contribution is 5.76. The predicted octanol–water partition coefficient (Wildman–Crippen LogP) is 3.77. The number of anilines is 1. The Labute approximate surface area is 137 Å². The smallest absolute Gasteiger partial charge is 0.306 e. The van der Waals surface area contributed by atoms with Gasteiger partial charge >= 0.3 is 5.97 Å². The first-order valence-corrected chi connectivity index (χ1v) is 7.97. The van der Waals surface area contributed by atoms with Crippen LogP contribution in [0.15, 0.2) is 30.6 Å². The minimum Gasteiger partial charge on any atom is -0.469 e. The highest BCUT2D eigenvalue weighted by Gasteiger charge is 2.16. The monoisotopic (exact) mass is 315 g/mol. The molecular weight excluding hydrogens is 290 g/mol. The Hall–Kier alpha value is -2.30. The van der Waals surface area contributed by atoms with Crippen LogP contribution in [0.3, 0.4) is 0 Å². The molecule has 0 fully saturated rings.